The maximum Gasteiger partial charge on any atom is 0.328 e. The first-order valence-corrected chi connectivity index (χ1v) is 7.92. The number of halogens is 1. The van der Waals surface area contributed by atoms with Crippen molar-refractivity contribution in [2.45, 2.75) is 45.6 Å². The first kappa shape index (κ1) is 15.6. The lowest BCUT2D eigenvalue weighted by Crippen LogP contribution is -2.48. The molecule has 0 saturated carbocycles. The zero-order valence-electron chi connectivity index (χ0n) is 11.3. The smallest absolute Gasteiger partial charge is 0.295 e. The molecule has 1 N–H and O–H groups in total. The molecule has 0 aliphatic carbocycles. The minimum absolute atomic E-state index is 0.212. The molecule has 0 aromatic carbocycles. The summed E-state index contributed by atoms with van der Waals surface area (Å²) in [5, 5.41) is 0.871. The number of aromatic amines is 1. The molecule has 0 fully saturated rings. The predicted molar refractivity (Wildman–Crippen MR) is 88.1 cm³/mol. The molecular weight excluding hydrogens is 341 g/mol. The molecule has 1 atom stereocenters. The normalized spacial score (nSPS) is 14.0. The first-order chi connectivity index (χ1) is 8.48. The van der Waals surface area contributed by atoms with E-state index < -0.39 is 0 Å². The molecule has 1 aromatic heterocycles. The molecule has 18 heavy (non-hydrogen) atoms. The van der Waals surface area contributed by atoms with E-state index in [1.54, 1.807) is 10.8 Å². The van der Waals surface area contributed by atoms with Crippen LogP contribution in [-0.4, -0.2) is 21.7 Å². The molecule has 7 heteroatoms. The van der Waals surface area contributed by atoms with Gasteiger partial charge in [0.1, 0.15) is 7.17 Å². The van der Waals surface area contributed by atoms with Crippen LogP contribution in [0.15, 0.2) is 15.8 Å². The van der Waals surface area contributed by atoms with Gasteiger partial charge in [-0.2, -0.15) is 22.4 Å². The molecule has 0 saturated heterocycles. The van der Waals surface area contributed by atoms with E-state index in [4.69, 9.17) is 0 Å². The number of aromatic nitrogens is 2. The molecule has 1 rings (SSSR count). The average Bonchev–Trinajstić information content (AvgIpc) is 2.33. The van der Waals surface area contributed by atoms with Gasteiger partial charge in [0.2, 0.25) is 5.56 Å². The highest BCUT2D eigenvalue weighted by atomic mass is 127. The minimum Gasteiger partial charge on any atom is -0.295 e. The van der Waals surface area contributed by atoms with Crippen molar-refractivity contribution in [3.05, 3.63) is 27.0 Å². The Morgan fingerprint density at radius 2 is 2.11 bits per heavy atom. The Bertz CT molecular complexity index is 515. The maximum atomic E-state index is 12.0. The first-order valence-electron chi connectivity index (χ1n) is 6.39. The fourth-order valence-electron chi connectivity index (χ4n) is 2.20. The number of nitrogens with one attached hydrogen (secondary N) is 1. The van der Waals surface area contributed by atoms with Gasteiger partial charge in [0.25, 0.3) is 0 Å². The largest absolute Gasteiger partial charge is 0.328 e. The Hall–Kier alpha value is -0.460. The Labute approximate surface area is 122 Å². The third-order valence-electron chi connectivity index (χ3n) is 3.51. The van der Waals surface area contributed by atoms with Crippen LogP contribution in [0.1, 0.15) is 40.0 Å². The second-order valence-corrected chi connectivity index (χ2v) is 5.90. The van der Waals surface area contributed by atoms with Gasteiger partial charge in [-0.15, -0.1) is 0 Å². The van der Waals surface area contributed by atoms with Crippen LogP contribution in [0.5, 0.6) is 0 Å². The second kappa shape index (κ2) is 6.63. The van der Waals surface area contributed by atoms with E-state index in [0.29, 0.717) is 12.6 Å². The summed E-state index contributed by atoms with van der Waals surface area (Å²) in [5.41, 5.74) is -0.0616. The van der Waals surface area contributed by atoms with Crippen molar-refractivity contribution in [3.63, 3.8) is 0 Å². The van der Waals surface area contributed by atoms with Crippen molar-refractivity contribution in [1.82, 2.24) is 9.55 Å². The highest BCUT2D eigenvalue weighted by molar-refractivity contribution is 14.1. The van der Waals surface area contributed by atoms with Crippen molar-refractivity contribution in [2.24, 2.45) is 0 Å². The quantitative estimate of drug-likeness (QED) is 0.584. The number of hydrogen-bond acceptors (Lipinski definition) is 2. The summed E-state index contributed by atoms with van der Waals surface area (Å²) in [6, 6.07) is 0. The van der Waals surface area contributed by atoms with Crippen molar-refractivity contribution in [2.75, 3.05) is 0 Å². The van der Waals surface area contributed by atoms with E-state index in [-0.39, 0.29) is 16.8 Å². The molecule has 0 aliphatic rings. The fraction of sp³-hybridized carbons (Fsp3) is 0.636. The van der Waals surface area contributed by atoms with Crippen LogP contribution in [0.2, 0.25) is 0 Å². The number of hydrogen-bond donors (Lipinski definition) is 1. The van der Waals surface area contributed by atoms with Gasteiger partial charge in [-0.1, -0.05) is 20.3 Å². The molecule has 0 aliphatic heterocycles. The Morgan fingerprint density at radius 1 is 1.44 bits per heavy atom. The van der Waals surface area contributed by atoms with E-state index in [0.717, 1.165) is 24.3 Å². The van der Waals surface area contributed by atoms with Crippen LogP contribution in [0.25, 0.3) is 0 Å². The second-order valence-electron chi connectivity index (χ2n) is 4.82. The van der Waals surface area contributed by atoms with Crippen molar-refractivity contribution in [1.29, 1.82) is 0 Å². The molecule has 0 spiro atoms. The summed E-state index contributed by atoms with van der Waals surface area (Å²) in [4.78, 5) is 26.1. The van der Waals surface area contributed by atoms with Crippen LogP contribution in [0.4, 0.5) is 0 Å². The molecule has 4 nitrogen and oxygen atoms in total. The van der Waals surface area contributed by atoms with Crippen LogP contribution < -0.4 is 16.7 Å². The van der Waals surface area contributed by atoms with Gasteiger partial charge in [-0.3, -0.25) is 14.3 Å². The van der Waals surface area contributed by atoms with Gasteiger partial charge >= 0.3 is 5.69 Å². The summed E-state index contributed by atoms with van der Waals surface area (Å²) in [6.45, 7) is 6.26. The van der Waals surface area contributed by atoms with Crippen LogP contribution in [0, 0.1) is 0 Å². The van der Waals surface area contributed by atoms with E-state index in [9.17, 15) is 9.59 Å². The lowest BCUT2D eigenvalue weighted by atomic mass is 9.51. The number of H-pyrrole nitrogens is 1. The summed E-state index contributed by atoms with van der Waals surface area (Å²) >= 11 is 2.23. The molecule has 98 valence electrons. The number of rotatable bonds is 6. The molecule has 0 amide bonds. The molecule has 0 bridgehead atoms. The molecule has 1 heterocycles. The Morgan fingerprint density at radius 3 is 2.61 bits per heavy atom. The SMILES string of the molecule is CCCC(C)(CC)n1cc(BBI)c(=O)[nH]c1=O. The standard InChI is InChI=1S/C11H19B2IN2O2/c1-4-6-11(3,5-2)16-7-8(12-13-14)9(17)15-10(16)18/h7,12-13H,4-6H2,1-3H3,(H,15,17,18). The van der Waals surface area contributed by atoms with Gasteiger partial charge in [0.15, 0.2) is 5.03 Å². The average molecular weight is 360 g/mol. The van der Waals surface area contributed by atoms with Crippen LogP contribution in [-0.2, 0) is 5.54 Å². The zero-order chi connectivity index (χ0) is 13.8. The molecular formula is C11H19B2IN2O2. The third kappa shape index (κ3) is 3.30. The van der Waals surface area contributed by atoms with Gasteiger partial charge < -0.3 is 0 Å². The van der Waals surface area contributed by atoms with E-state index in [1.807, 2.05) is 0 Å². The summed E-state index contributed by atoms with van der Waals surface area (Å²) < 4.78 is 1.71. The lowest BCUT2D eigenvalue weighted by molar-refractivity contribution is 0.267. The van der Waals surface area contributed by atoms with Crippen LogP contribution in [0.3, 0.4) is 0 Å². The van der Waals surface area contributed by atoms with Gasteiger partial charge in [0, 0.05) is 11.7 Å². The third-order valence-corrected chi connectivity index (χ3v) is 4.05. The summed E-state index contributed by atoms with van der Waals surface area (Å²) in [7, 11) is 0.697. The van der Waals surface area contributed by atoms with E-state index in [1.165, 1.54) is 0 Å². The van der Waals surface area contributed by atoms with Gasteiger partial charge in [-0.25, -0.2) is 4.79 Å². The van der Waals surface area contributed by atoms with Crippen molar-refractivity contribution < 1.29 is 0 Å². The Balaban J connectivity index is 3.35. The van der Waals surface area contributed by atoms with Crippen molar-refractivity contribution in [3.8, 4) is 0 Å². The zero-order valence-corrected chi connectivity index (χ0v) is 13.4. The van der Waals surface area contributed by atoms with Crippen molar-refractivity contribution >= 4 is 40.0 Å². The summed E-state index contributed by atoms with van der Waals surface area (Å²) in [6.07, 6.45) is 4.56. The molecule has 0 radical (unpaired) electrons. The van der Waals surface area contributed by atoms with E-state index >= 15 is 0 Å². The van der Waals surface area contributed by atoms with Crippen LogP contribution >= 0.6 is 22.4 Å². The van der Waals surface area contributed by atoms with E-state index in [2.05, 4.69) is 48.1 Å². The Kier molecular flexibility index (Phi) is 5.75. The van der Waals surface area contributed by atoms with Gasteiger partial charge in [0.05, 0.1) is 0 Å². The maximum absolute atomic E-state index is 12.0. The monoisotopic (exact) mass is 360 g/mol. The topological polar surface area (TPSA) is 54.9 Å². The summed E-state index contributed by atoms with van der Waals surface area (Å²) in [5.74, 6) is 0. The lowest BCUT2D eigenvalue weighted by Gasteiger charge is -2.30. The minimum atomic E-state index is -0.296. The fourth-order valence-corrected chi connectivity index (χ4v) is 2.78. The molecule has 1 aromatic rings. The molecule has 1 unspecified atom stereocenters. The van der Waals surface area contributed by atoms with Gasteiger partial charge in [-0.05, 0) is 25.2 Å². The highest BCUT2D eigenvalue weighted by Crippen LogP contribution is 2.23. The highest BCUT2D eigenvalue weighted by Gasteiger charge is 2.25. The predicted octanol–water partition coefficient (Wildman–Crippen LogP) is 0.225. The number of nitrogens with zero attached hydrogens (tertiary/aromatic N) is 1.